The van der Waals surface area contributed by atoms with E-state index in [2.05, 4.69) is 5.32 Å². The molecular formula is C16H21NO3. The lowest BCUT2D eigenvalue weighted by atomic mass is 9.98. The van der Waals surface area contributed by atoms with Gasteiger partial charge in [0.25, 0.3) is 0 Å². The first-order valence-electron chi connectivity index (χ1n) is 7.73. The van der Waals surface area contributed by atoms with Gasteiger partial charge in [-0.1, -0.05) is 6.07 Å². The highest BCUT2D eigenvalue weighted by Crippen LogP contribution is 2.35. The maximum absolute atomic E-state index is 11.4. The standard InChI is InChI=1S/C16H21NO3/c1-19-14-7-6-11(12-9-16(18)17-10-12)8-15(14)20-13-4-2-3-5-13/h6-8,12-13H,2-5,9-10H2,1H3,(H,17,18)/i12D. The van der Waals surface area contributed by atoms with Crippen molar-refractivity contribution in [3.63, 3.8) is 0 Å². The van der Waals surface area contributed by atoms with Crippen LogP contribution in [0.3, 0.4) is 0 Å². The van der Waals surface area contributed by atoms with Crippen LogP contribution in [0.25, 0.3) is 0 Å². The molecule has 1 amide bonds. The minimum atomic E-state index is -0.906. The molecule has 1 aliphatic carbocycles. The van der Waals surface area contributed by atoms with E-state index in [1.807, 2.05) is 18.2 Å². The van der Waals surface area contributed by atoms with E-state index in [-0.39, 0.29) is 18.4 Å². The monoisotopic (exact) mass is 276 g/mol. The number of hydrogen-bond acceptors (Lipinski definition) is 3. The van der Waals surface area contributed by atoms with Gasteiger partial charge in [0.05, 0.1) is 13.2 Å². The Kier molecular flexibility index (Phi) is 3.46. The molecule has 0 radical (unpaired) electrons. The quantitative estimate of drug-likeness (QED) is 0.919. The fourth-order valence-corrected chi connectivity index (χ4v) is 2.90. The third-order valence-electron chi connectivity index (χ3n) is 4.04. The second-order valence-corrected chi connectivity index (χ2v) is 5.45. The summed E-state index contributed by atoms with van der Waals surface area (Å²) >= 11 is 0. The van der Waals surface area contributed by atoms with Crippen molar-refractivity contribution in [2.75, 3.05) is 13.7 Å². The van der Waals surface area contributed by atoms with Crippen LogP contribution in [0.15, 0.2) is 18.2 Å². The molecule has 4 heteroatoms. The molecule has 0 aromatic heterocycles. The minimum Gasteiger partial charge on any atom is -0.493 e. The zero-order valence-electron chi connectivity index (χ0n) is 12.8. The van der Waals surface area contributed by atoms with Gasteiger partial charge in [0.15, 0.2) is 11.5 Å². The van der Waals surface area contributed by atoms with Crippen LogP contribution >= 0.6 is 0 Å². The number of rotatable bonds is 4. The first kappa shape index (κ1) is 12.1. The number of methoxy groups -OCH3 is 1. The number of hydrogen-bond donors (Lipinski definition) is 1. The maximum atomic E-state index is 11.4. The van der Waals surface area contributed by atoms with Crippen molar-refractivity contribution in [2.45, 2.75) is 44.1 Å². The highest BCUT2D eigenvalue weighted by atomic mass is 16.5. The van der Waals surface area contributed by atoms with Gasteiger partial charge in [0, 0.05) is 20.2 Å². The van der Waals surface area contributed by atoms with E-state index in [9.17, 15) is 4.79 Å². The topological polar surface area (TPSA) is 47.6 Å². The van der Waals surface area contributed by atoms with Crippen LogP contribution in [0.2, 0.25) is 0 Å². The van der Waals surface area contributed by atoms with Gasteiger partial charge < -0.3 is 14.8 Å². The Morgan fingerprint density at radius 2 is 2.10 bits per heavy atom. The molecule has 1 saturated heterocycles. The molecule has 0 bridgehead atoms. The van der Waals surface area contributed by atoms with E-state index in [0.29, 0.717) is 18.0 Å². The Balaban J connectivity index is 1.87. The average molecular weight is 276 g/mol. The molecule has 1 N–H and O–H groups in total. The van der Waals surface area contributed by atoms with Gasteiger partial charge in [-0.3, -0.25) is 4.79 Å². The SMILES string of the molecule is [2H]C1(c2ccc(OC)c(OC3CCCC3)c2)CNC(=O)C1. The molecule has 1 atom stereocenters. The fourth-order valence-electron chi connectivity index (χ4n) is 2.90. The molecule has 108 valence electrons. The summed E-state index contributed by atoms with van der Waals surface area (Å²) in [6.07, 6.45) is 4.97. The van der Waals surface area contributed by atoms with Crippen molar-refractivity contribution >= 4 is 5.91 Å². The van der Waals surface area contributed by atoms with Crippen molar-refractivity contribution < 1.29 is 15.6 Å². The molecular weight excluding hydrogens is 254 g/mol. The summed E-state index contributed by atoms with van der Waals surface area (Å²) in [5.41, 5.74) is 0.801. The second-order valence-electron chi connectivity index (χ2n) is 5.45. The largest absolute Gasteiger partial charge is 0.493 e. The summed E-state index contributed by atoms with van der Waals surface area (Å²) in [6.45, 7) is 0.348. The lowest BCUT2D eigenvalue weighted by Crippen LogP contribution is -2.14. The molecule has 1 heterocycles. The summed E-state index contributed by atoms with van der Waals surface area (Å²) in [6, 6.07) is 5.55. The molecule has 20 heavy (non-hydrogen) atoms. The van der Waals surface area contributed by atoms with Crippen LogP contribution < -0.4 is 14.8 Å². The summed E-state index contributed by atoms with van der Waals surface area (Å²) in [5, 5.41) is 2.73. The number of carbonyl (C=O) groups excluding carboxylic acids is 1. The Morgan fingerprint density at radius 1 is 1.30 bits per heavy atom. The summed E-state index contributed by atoms with van der Waals surface area (Å²) in [4.78, 5) is 11.4. The van der Waals surface area contributed by atoms with Crippen molar-refractivity contribution in [2.24, 2.45) is 0 Å². The maximum Gasteiger partial charge on any atom is 0.220 e. The van der Waals surface area contributed by atoms with Crippen molar-refractivity contribution in [1.82, 2.24) is 5.32 Å². The average Bonchev–Trinajstić information content (AvgIpc) is 3.09. The number of nitrogens with one attached hydrogen (secondary N) is 1. The van der Waals surface area contributed by atoms with Crippen LogP contribution in [0.5, 0.6) is 11.5 Å². The third-order valence-corrected chi connectivity index (χ3v) is 4.04. The van der Waals surface area contributed by atoms with Gasteiger partial charge in [-0.15, -0.1) is 0 Å². The number of amides is 1. The Hall–Kier alpha value is -1.71. The highest BCUT2D eigenvalue weighted by Gasteiger charge is 2.25. The molecule has 2 aliphatic rings. The van der Waals surface area contributed by atoms with Crippen molar-refractivity contribution in [3.8, 4) is 11.5 Å². The van der Waals surface area contributed by atoms with Gasteiger partial charge >= 0.3 is 0 Å². The summed E-state index contributed by atoms with van der Waals surface area (Å²) in [7, 11) is 1.62. The first-order chi connectivity index (χ1) is 10.1. The van der Waals surface area contributed by atoms with Crippen LogP contribution in [-0.4, -0.2) is 25.7 Å². The zero-order valence-corrected chi connectivity index (χ0v) is 11.8. The van der Waals surface area contributed by atoms with Gasteiger partial charge in [0.2, 0.25) is 5.91 Å². The fraction of sp³-hybridized carbons (Fsp3) is 0.562. The predicted molar refractivity (Wildman–Crippen MR) is 76.2 cm³/mol. The Labute approximate surface area is 120 Å². The van der Waals surface area contributed by atoms with E-state index >= 15 is 0 Å². The Morgan fingerprint density at radius 3 is 2.75 bits per heavy atom. The van der Waals surface area contributed by atoms with Crippen LogP contribution in [0, 0.1) is 0 Å². The highest BCUT2D eigenvalue weighted by molar-refractivity contribution is 5.79. The number of carbonyl (C=O) groups is 1. The third kappa shape index (κ3) is 2.74. The van der Waals surface area contributed by atoms with Crippen LogP contribution in [-0.2, 0) is 4.79 Å². The van der Waals surface area contributed by atoms with E-state index in [1.54, 1.807) is 7.11 Å². The molecule has 1 unspecified atom stereocenters. The van der Waals surface area contributed by atoms with Crippen LogP contribution in [0.4, 0.5) is 0 Å². The molecule has 1 aromatic rings. The lowest BCUT2D eigenvalue weighted by Gasteiger charge is -2.18. The lowest BCUT2D eigenvalue weighted by molar-refractivity contribution is -0.119. The molecule has 1 saturated carbocycles. The number of ether oxygens (including phenoxy) is 2. The zero-order chi connectivity index (χ0) is 14.9. The molecule has 4 nitrogen and oxygen atoms in total. The number of benzene rings is 1. The van der Waals surface area contributed by atoms with Gasteiger partial charge in [-0.05, 0) is 43.4 Å². The smallest absolute Gasteiger partial charge is 0.220 e. The molecule has 0 spiro atoms. The summed E-state index contributed by atoms with van der Waals surface area (Å²) in [5.74, 6) is 0.399. The van der Waals surface area contributed by atoms with E-state index < -0.39 is 5.89 Å². The van der Waals surface area contributed by atoms with Crippen molar-refractivity contribution in [3.05, 3.63) is 23.8 Å². The van der Waals surface area contributed by atoms with E-state index in [1.165, 1.54) is 12.8 Å². The van der Waals surface area contributed by atoms with Gasteiger partial charge in [-0.2, -0.15) is 0 Å². The molecule has 1 aliphatic heterocycles. The normalized spacial score (nSPS) is 27.2. The molecule has 3 rings (SSSR count). The van der Waals surface area contributed by atoms with E-state index in [0.717, 1.165) is 18.4 Å². The van der Waals surface area contributed by atoms with Crippen molar-refractivity contribution in [1.29, 1.82) is 0 Å². The molecule has 1 aromatic carbocycles. The van der Waals surface area contributed by atoms with E-state index in [4.69, 9.17) is 10.8 Å². The van der Waals surface area contributed by atoms with Gasteiger partial charge in [-0.25, -0.2) is 0 Å². The Bertz CT molecular complexity index is 542. The second kappa shape index (κ2) is 5.73. The predicted octanol–water partition coefficient (Wildman–Crippen LogP) is 2.62. The summed E-state index contributed by atoms with van der Waals surface area (Å²) < 4.78 is 19.9. The van der Waals surface area contributed by atoms with Crippen LogP contribution in [0.1, 0.15) is 44.9 Å². The molecule has 2 fully saturated rings. The first-order valence-corrected chi connectivity index (χ1v) is 7.23. The van der Waals surface area contributed by atoms with Gasteiger partial charge in [0.1, 0.15) is 0 Å². The minimum absolute atomic E-state index is 0.0703.